The molecule has 3 rings (SSSR count). The number of carboxylic acids is 1. The van der Waals surface area contributed by atoms with Gasteiger partial charge in [-0.1, -0.05) is 18.2 Å². The molecular weight excluding hydrogens is 290 g/mol. The Kier molecular flexibility index (Phi) is 4.42. The molecule has 1 aliphatic carbocycles. The fraction of sp³-hybridized carbons (Fsp3) is 0.579. The number of amides is 1. The van der Waals surface area contributed by atoms with Crippen LogP contribution in [0.2, 0.25) is 0 Å². The van der Waals surface area contributed by atoms with E-state index < -0.39 is 5.97 Å². The minimum Gasteiger partial charge on any atom is -0.481 e. The Morgan fingerprint density at radius 1 is 1.22 bits per heavy atom. The van der Waals surface area contributed by atoms with Crippen LogP contribution in [-0.4, -0.2) is 35.0 Å². The number of carboxylic acid groups (broad SMARTS) is 1. The highest BCUT2D eigenvalue weighted by atomic mass is 16.4. The van der Waals surface area contributed by atoms with Crippen molar-refractivity contribution in [2.24, 2.45) is 17.8 Å². The molecule has 1 N–H and O–H groups in total. The van der Waals surface area contributed by atoms with Crippen LogP contribution in [0.4, 0.5) is 0 Å². The van der Waals surface area contributed by atoms with Crippen LogP contribution in [-0.2, 0) is 16.0 Å². The second kappa shape index (κ2) is 6.34. The SMILES string of the molecule is Cc1ccc(CCCC(=O)N2CC([C@@H]3C[C@H]3C(=O)O)C2)cc1C. The predicted octanol–water partition coefficient (Wildman–Crippen LogP) is 2.81. The van der Waals surface area contributed by atoms with Crippen molar-refractivity contribution in [3.8, 4) is 0 Å². The predicted molar refractivity (Wildman–Crippen MR) is 88.2 cm³/mol. The van der Waals surface area contributed by atoms with E-state index in [1.807, 2.05) is 4.90 Å². The van der Waals surface area contributed by atoms with Gasteiger partial charge >= 0.3 is 5.97 Å². The van der Waals surface area contributed by atoms with Crippen LogP contribution in [0, 0.1) is 31.6 Å². The summed E-state index contributed by atoms with van der Waals surface area (Å²) >= 11 is 0. The first kappa shape index (κ1) is 16.0. The van der Waals surface area contributed by atoms with Gasteiger partial charge in [-0.15, -0.1) is 0 Å². The molecule has 124 valence electrons. The van der Waals surface area contributed by atoms with Crippen molar-refractivity contribution in [1.29, 1.82) is 0 Å². The van der Waals surface area contributed by atoms with Gasteiger partial charge in [-0.25, -0.2) is 0 Å². The maximum absolute atomic E-state index is 12.2. The summed E-state index contributed by atoms with van der Waals surface area (Å²) in [6.07, 6.45) is 3.21. The molecule has 1 amide bonds. The van der Waals surface area contributed by atoms with E-state index in [4.69, 9.17) is 5.11 Å². The highest BCUT2D eigenvalue weighted by molar-refractivity contribution is 5.77. The van der Waals surface area contributed by atoms with E-state index in [1.54, 1.807) is 0 Å². The van der Waals surface area contributed by atoms with Gasteiger partial charge < -0.3 is 10.0 Å². The Bertz CT molecular complexity index is 619. The van der Waals surface area contributed by atoms with Crippen LogP contribution in [0.25, 0.3) is 0 Å². The molecule has 1 aliphatic heterocycles. The minimum atomic E-state index is -0.673. The van der Waals surface area contributed by atoms with Crippen LogP contribution in [0.15, 0.2) is 18.2 Å². The van der Waals surface area contributed by atoms with Crippen molar-refractivity contribution in [2.75, 3.05) is 13.1 Å². The van der Waals surface area contributed by atoms with E-state index >= 15 is 0 Å². The van der Waals surface area contributed by atoms with Crippen LogP contribution >= 0.6 is 0 Å². The molecule has 0 unspecified atom stereocenters. The number of aryl methyl sites for hydroxylation is 3. The largest absolute Gasteiger partial charge is 0.481 e. The first-order chi connectivity index (χ1) is 11.0. The van der Waals surface area contributed by atoms with Gasteiger partial charge in [-0.2, -0.15) is 0 Å². The number of rotatable bonds is 6. The Hall–Kier alpha value is -1.84. The summed E-state index contributed by atoms with van der Waals surface area (Å²) in [5, 5.41) is 8.95. The molecular formula is C19H25NO3. The Morgan fingerprint density at radius 3 is 2.57 bits per heavy atom. The second-order valence-electron chi connectivity index (χ2n) is 7.18. The summed E-state index contributed by atoms with van der Waals surface area (Å²) in [6, 6.07) is 6.49. The lowest BCUT2D eigenvalue weighted by Gasteiger charge is -2.40. The minimum absolute atomic E-state index is 0.151. The number of hydrogen-bond acceptors (Lipinski definition) is 2. The highest BCUT2D eigenvalue weighted by Gasteiger charge is 2.51. The van der Waals surface area contributed by atoms with Crippen LogP contribution in [0.3, 0.4) is 0 Å². The lowest BCUT2D eigenvalue weighted by atomic mass is 9.92. The molecule has 1 aromatic rings. The third-order valence-corrected chi connectivity index (χ3v) is 5.45. The summed E-state index contributed by atoms with van der Waals surface area (Å²) in [7, 11) is 0. The number of likely N-dealkylation sites (tertiary alicyclic amines) is 1. The number of carbonyl (C=O) groups is 2. The topological polar surface area (TPSA) is 57.6 Å². The fourth-order valence-electron chi connectivity index (χ4n) is 3.57. The fourth-order valence-corrected chi connectivity index (χ4v) is 3.57. The van der Waals surface area contributed by atoms with E-state index in [0.29, 0.717) is 18.3 Å². The van der Waals surface area contributed by atoms with Crippen molar-refractivity contribution in [3.63, 3.8) is 0 Å². The zero-order valence-electron chi connectivity index (χ0n) is 13.9. The molecule has 4 nitrogen and oxygen atoms in total. The van der Waals surface area contributed by atoms with Gasteiger partial charge in [0.25, 0.3) is 0 Å². The third-order valence-electron chi connectivity index (χ3n) is 5.45. The third kappa shape index (κ3) is 3.57. The summed E-state index contributed by atoms with van der Waals surface area (Å²) in [4.78, 5) is 24.9. The number of carbonyl (C=O) groups excluding carboxylic acids is 1. The van der Waals surface area contributed by atoms with E-state index in [0.717, 1.165) is 32.4 Å². The average Bonchev–Trinajstić information content (AvgIpc) is 3.21. The summed E-state index contributed by atoms with van der Waals surface area (Å²) in [6.45, 7) is 5.75. The maximum atomic E-state index is 12.2. The molecule has 1 aromatic carbocycles. The smallest absolute Gasteiger partial charge is 0.306 e. The van der Waals surface area contributed by atoms with Gasteiger partial charge in [-0.3, -0.25) is 9.59 Å². The summed E-state index contributed by atoms with van der Waals surface area (Å²) in [5.74, 6) is 0.125. The van der Waals surface area contributed by atoms with E-state index in [2.05, 4.69) is 32.0 Å². The molecule has 0 spiro atoms. The van der Waals surface area contributed by atoms with Crippen LogP contribution < -0.4 is 0 Å². The van der Waals surface area contributed by atoms with Gasteiger partial charge in [0, 0.05) is 19.5 Å². The zero-order valence-corrected chi connectivity index (χ0v) is 13.9. The summed E-state index contributed by atoms with van der Waals surface area (Å²) < 4.78 is 0. The summed E-state index contributed by atoms with van der Waals surface area (Å²) in [5.41, 5.74) is 3.90. The van der Waals surface area contributed by atoms with Crippen molar-refractivity contribution >= 4 is 11.9 Å². The van der Waals surface area contributed by atoms with E-state index in [-0.39, 0.29) is 11.8 Å². The molecule has 0 radical (unpaired) electrons. The van der Waals surface area contributed by atoms with Gasteiger partial charge in [0.1, 0.15) is 0 Å². The number of nitrogens with zero attached hydrogens (tertiary/aromatic N) is 1. The number of benzene rings is 1. The first-order valence-electron chi connectivity index (χ1n) is 8.52. The Labute approximate surface area is 137 Å². The second-order valence-corrected chi connectivity index (χ2v) is 7.18. The molecule has 4 heteroatoms. The van der Waals surface area contributed by atoms with Gasteiger partial charge in [0.05, 0.1) is 5.92 Å². The molecule has 0 bridgehead atoms. The monoisotopic (exact) mass is 315 g/mol. The molecule has 1 saturated carbocycles. The maximum Gasteiger partial charge on any atom is 0.306 e. The molecule has 23 heavy (non-hydrogen) atoms. The van der Waals surface area contributed by atoms with Gasteiger partial charge in [0.2, 0.25) is 5.91 Å². The van der Waals surface area contributed by atoms with Crippen molar-refractivity contribution in [3.05, 3.63) is 34.9 Å². The van der Waals surface area contributed by atoms with Crippen LogP contribution in [0.1, 0.15) is 36.0 Å². The molecule has 2 aliphatic rings. The van der Waals surface area contributed by atoms with Gasteiger partial charge in [-0.05, 0) is 61.6 Å². The van der Waals surface area contributed by atoms with Gasteiger partial charge in [0.15, 0.2) is 0 Å². The Morgan fingerprint density at radius 2 is 1.96 bits per heavy atom. The molecule has 0 aromatic heterocycles. The average molecular weight is 315 g/mol. The van der Waals surface area contributed by atoms with Crippen LogP contribution in [0.5, 0.6) is 0 Å². The highest BCUT2D eigenvalue weighted by Crippen LogP contribution is 2.47. The van der Waals surface area contributed by atoms with E-state index in [1.165, 1.54) is 16.7 Å². The molecule has 1 saturated heterocycles. The van der Waals surface area contributed by atoms with Crippen molar-refractivity contribution in [1.82, 2.24) is 4.90 Å². The number of hydrogen-bond donors (Lipinski definition) is 1. The molecule has 2 atom stereocenters. The van der Waals surface area contributed by atoms with Crippen molar-refractivity contribution in [2.45, 2.75) is 39.5 Å². The van der Waals surface area contributed by atoms with E-state index in [9.17, 15) is 9.59 Å². The standard InChI is InChI=1S/C19H25NO3/c1-12-6-7-14(8-13(12)2)4-3-5-18(21)20-10-15(11-20)16-9-17(16)19(22)23/h6-8,15-17H,3-5,9-11H2,1-2H3,(H,22,23)/t16-,17+/m0/s1. The normalized spacial score (nSPS) is 23.5. The first-order valence-corrected chi connectivity index (χ1v) is 8.52. The number of aliphatic carboxylic acids is 1. The molecule has 1 heterocycles. The lowest BCUT2D eigenvalue weighted by molar-refractivity contribution is -0.140. The zero-order chi connectivity index (χ0) is 16.6. The lowest BCUT2D eigenvalue weighted by Crippen LogP contribution is -2.51. The van der Waals surface area contributed by atoms with Crippen molar-refractivity contribution < 1.29 is 14.7 Å². The Balaban J connectivity index is 1.36. The quantitative estimate of drug-likeness (QED) is 0.878. The molecule has 2 fully saturated rings.